The van der Waals surface area contributed by atoms with E-state index >= 15 is 0 Å². The smallest absolute Gasteiger partial charge is 0.490 e. The molecule has 0 fully saturated rings. The Morgan fingerprint density at radius 2 is 1.59 bits per heavy atom. The third-order valence-electron chi connectivity index (χ3n) is 4.12. The summed E-state index contributed by atoms with van der Waals surface area (Å²) in [6.45, 7) is 1.13. The molecule has 0 saturated heterocycles. The Morgan fingerprint density at radius 1 is 1.03 bits per heavy atom. The first-order valence-electron chi connectivity index (χ1n) is 9.46. The van der Waals surface area contributed by atoms with Crippen molar-refractivity contribution in [2.45, 2.75) is 31.2 Å². The maximum Gasteiger partial charge on any atom is 0.490 e. The van der Waals surface area contributed by atoms with Gasteiger partial charge in [-0.05, 0) is 42.8 Å². The highest BCUT2D eigenvalue weighted by Gasteiger charge is 2.38. The molecule has 0 radical (unpaired) electrons. The van der Waals surface area contributed by atoms with E-state index in [0.29, 0.717) is 23.4 Å². The number of alkyl halides is 6. The number of amides is 1. The van der Waals surface area contributed by atoms with Gasteiger partial charge in [-0.25, -0.2) is 4.79 Å². The van der Waals surface area contributed by atoms with Crippen molar-refractivity contribution in [1.82, 2.24) is 0 Å². The number of aliphatic carboxylic acids is 1. The number of benzene rings is 2. The van der Waals surface area contributed by atoms with E-state index in [9.17, 15) is 31.1 Å². The summed E-state index contributed by atoms with van der Waals surface area (Å²) in [5, 5.41) is 18.8. The number of carboxylic acid groups (broad SMARTS) is 1. The molecule has 0 saturated carbocycles. The lowest BCUT2D eigenvalue weighted by molar-refractivity contribution is -0.192. The largest absolute Gasteiger partial charge is 0.493 e. The molecule has 34 heavy (non-hydrogen) atoms. The summed E-state index contributed by atoms with van der Waals surface area (Å²) < 4.78 is 75.4. The molecule has 1 amide bonds. The predicted molar refractivity (Wildman–Crippen MR) is 109 cm³/mol. The molecular formula is C21H22F6N2O5. The molecule has 7 nitrogen and oxygen atoms in total. The van der Waals surface area contributed by atoms with Gasteiger partial charge >= 0.3 is 18.3 Å². The van der Waals surface area contributed by atoms with Crippen molar-refractivity contribution < 1.29 is 50.9 Å². The van der Waals surface area contributed by atoms with Crippen LogP contribution in [-0.4, -0.2) is 47.0 Å². The van der Waals surface area contributed by atoms with Gasteiger partial charge in [0.1, 0.15) is 11.3 Å². The van der Waals surface area contributed by atoms with Crippen molar-refractivity contribution >= 4 is 17.6 Å². The van der Waals surface area contributed by atoms with Crippen LogP contribution in [0, 0.1) is 0 Å². The lowest BCUT2D eigenvalue weighted by Gasteiger charge is -2.20. The molecule has 5 N–H and O–H groups in total. The number of hydrogen-bond donors (Lipinski definition) is 4. The van der Waals surface area contributed by atoms with E-state index < -0.39 is 41.9 Å². The Balaban J connectivity index is 0.000000718. The monoisotopic (exact) mass is 496 g/mol. The number of anilines is 1. The average Bonchev–Trinajstić information content (AvgIpc) is 2.74. The van der Waals surface area contributed by atoms with Crippen LogP contribution in [0.25, 0.3) is 0 Å². The van der Waals surface area contributed by atoms with Crippen molar-refractivity contribution in [2.75, 3.05) is 18.5 Å². The van der Waals surface area contributed by atoms with Crippen molar-refractivity contribution in [2.24, 2.45) is 5.73 Å². The first kappa shape index (κ1) is 28.7. The second-order valence-corrected chi connectivity index (χ2v) is 7.15. The molecule has 2 aromatic carbocycles. The zero-order valence-electron chi connectivity index (χ0n) is 17.7. The van der Waals surface area contributed by atoms with E-state index in [1.807, 2.05) is 0 Å². The minimum absolute atomic E-state index is 0.207. The van der Waals surface area contributed by atoms with Crippen LogP contribution in [0.3, 0.4) is 0 Å². The molecule has 2 aromatic rings. The average molecular weight is 496 g/mol. The van der Waals surface area contributed by atoms with E-state index in [2.05, 4.69) is 5.32 Å². The van der Waals surface area contributed by atoms with Crippen LogP contribution < -0.4 is 15.8 Å². The normalized spacial score (nSPS) is 13.2. The number of nitrogens with one attached hydrogen (secondary N) is 1. The topological polar surface area (TPSA) is 122 Å². The van der Waals surface area contributed by atoms with E-state index in [1.165, 1.54) is 13.0 Å². The van der Waals surface area contributed by atoms with Gasteiger partial charge in [0.15, 0.2) is 0 Å². The van der Waals surface area contributed by atoms with Gasteiger partial charge in [0, 0.05) is 12.1 Å². The molecule has 0 aliphatic heterocycles. The SMILES string of the molecule is C[C@](N)(CO)C(=O)Nc1ccc(OCCc2cccc(C(F)(F)F)c2)cc1.O=C(O)C(F)(F)F. The fourth-order valence-corrected chi connectivity index (χ4v) is 2.17. The van der Waals surface area contributed by atoms with Crippen LogP contribution in [0.4, 0.5) is 32.0 Å². The molecule has 13 heteroatoms. The second-order valence-electron chi connectivity index (χ2n) is 7.15. The molecule has 2 rings (SSSR count). The number of carbonyl (C=O) groups excluding carboxylic acids is 1. The van der Waals surface area contributed by atoms with Gasteiger partial charge in [0.05, 0.1) is 18.8 Å². The van der Waals surface area contributed by atoms with Gasteiger partial charge in [-0.2, -0.15) is 26.3 Å². The third kappa shape index (κ3) is 9.67. The molecule has 0 heterocycles. The van der Waals surface area contributed by atoms with Crippen LogP contribution in [0.5, 0.6) is 5.75 Å². The maximum absolute atomic E-state index is 12.7. The number of ether oxygens (including phenoxy) is 1. The molecule has 188 valence electrons. The zero-order valence-corrected chi connectivity index (χ0v) is 17.7. The molecule has 1 atom stereocenters. The number of carbonyl (C=O) groups is 2. The fraction of sp³-hybridized carbons (Fsp3) is 0.333. The van der Waals surface area contributed by atoms with Crippen molar-refractivity contribution in [1.29, 1.82) is 0 Å². The van der Waals surface area contributed by atoms with Gasteiger partial charge in [0.25, 0.3) is 0 Å². The van der Waals surface area contributed by atoms with Crippen LogP contribution in [0.2, 0.25) is 0 Å². The lowest BCUT2D eigenvalue weighted by atomic mass is 10.0. The molecule has 0 aromatic heterocycles. The first-order chi connectivity index (χ1) is 15.6. The van der Waals surface area contributed by atoms with Gasteiger partial charge in [0.2, 0.25) is 5.91 Å². The Bertz CT molecular complexity index is 959. The highest BCUT2D eigenvalue weighted by atomic mass is 19.4. The number of hydrogen-bond acceptors (Lipinski definition) is 5. The van der Waals surface area contributed by atoms with Gasteiger partial charge in [-0.1, -0.05) is 18.2 Å². The van der Waals surface area contributed by atoms with Crippen molar-refractivity contribution in [3.63, 3.8) is 0 Å². The summed E-state index contributed by atoms with van der Waals surface area (Å²) in [6, 6.07) is 11.6. The van der Waals surface area contributed by atoms with E-state index in [4.69, 9.17) is 25.5 Å². The summed E-state index contributed by atoms with van der Waals surface area (Å²) >= 11 is 0. The van der Waals surface area contributed by atoms with Crippen LogP contribution in [-0.2, 0) is 22.2 Å². The summed E-state index contributed by atoms with van der Waals surface area (Å²) in [6.07, 6.45) is -9.13. The Labute approximate surface area is 190 Å². The standard InChI is InChI=1S/C19H21F3N2O3.C2HF3O2/c1-18(23,12-25)17(26)24-15-5-7-16(8-6-15)27-10-9-13-3-2-4-14(11-13)19(20,21)22;3-2(4,5)1(6)7/h2-8,11,25H,9-10,12,23H2,1H3,(H,24,26);(H,6,7)/t18-;/m0./s1. The molecule has 0 aliphatic rings. The first-order valence-corrected chi connectivity index (χ1v) is 9.46. The number of halogens is 6. The Morgan fingerprint density at radius 3 is 2.06 bits per heavy atom. The van der Waals surface area contributed by atoms with E-state index in [1.54, 1.807) is 30.3 Å². The van der Waals surface area contributed by atoms with Crippen LogP contribution in [0.1, 0.15) is 18.1 Å². The number of carboxylic acids is 1. The number of aliphatic hydroxyl groups excluding tert-OH is 1. The highest BCUT2D eigenvalue weighted by molar-refractivity contribution is 5.97. The van der Waals surface area contributed by atoms with Crippen LogP contribution >= 0.6 is 0 Å². The van der Waals surface area contributed by atoms with E-state index in [-0.39, 0.29) is 6.61 Å². The van der Waals surface area contributed by atoms with Crippen molar-refractivity contribution in [3.8, 4) is 5.75 Å². The number of rotatable bonds is 7. The quantitative estimate of drug-likeness (QED) is 0.435. The Kier molecular flexibility index (Phi) is 9.88. The summed E-state index contributed by atoms with van der Waals surface area (Å²) in [7, 11) is 0. The van der Waals surface area contributed by atoms with Gasteiger partial charge in [-0.3, -0.25) is 4.79 Å². The zero-order chi connectivity index (χ0) is 26.2. The predicted octanol–water partition coefficient (Wildman–Crippen LogP) is 3.61. The minimum atomic E-state index is -5.08. The van der Waals surface area contributed by atoms with Crippen LogP contribution in [0.15, 0.2) is 48.5 Å². The molecule has 0 unspecified atom stereocenters. The molecule has 0 spiro atoms. The van der Waals surface area contributed by atoms with E-state index in [0.717, 1.165) is 12.1 Å². The summed E-state index contributed by atoms with van der Waals surface area (Å²) in [5.41, 5.74) is 4.57. The number of aliphatic hydroxyl groups is 1. The molecule has 0 bridgehead atoms. The Hall–Kier alpha value is -3.32. The van der Waals surface area contributed by atoms with Gasteiger partial charge < -0.3 is 26.0 Å². The number of nitrogens with two attached hydrogens (primary N) is 1. The van der Waals surface area contributed by atoms with Crippen molar-refractivity contribution in [3.05, 3.63) is 59.7 Å². The third-order valence-corrected chi connectivity index (χ3v) is 4.12. The minimum Gasteiger partial charge on any atom is -0.493 e. The highest BCUT2D eigenvalue weighted by Crippen LogP contribution is 2.29. The second kappa shape index (κ2) is 11.7. The summed E-state index contributed by atoms with van der Waals surface area (Å²) in [4.78, 5) is 20.8. The lowest BCUT2D eigenvalue weighted by Crippen LogP contribution is -2.51. The summed E-state index contributed by atoms with van der Waals surface area (Å²) in [5.74, 6) is -2.77. The van der Waals surface area contributed by atoms with Gasteiger partial charge in [-0.15, -0.1) is 0 Å². The molecule has 0 aliphatic carbocycles. The molecular weight excluding hydrogens is 474 g/mol. The fourth-order valence-electron chi connectivity index (χ4n) is 2.17. The maximum atomic E-state index is 12.7.